The third-order valence-electron chi connectivity index (χ3n) is 3.40. The maximum absolute atomic E-state index is 14.7. The zero-order chi connectivity index (χ0) is 15.5. The van der Waals surface area contributed by atoms with Crippen molar-refractivity contribution in [3.05, 3.63) is 53.9 Å². The van der Waals surface area contributed by atoms with E-state index in [1.807, 2.05) is 0 Å². The third kappa shape index (κ3) is 3.26. The lowest BCUT2D eigenvalue weighted by Crippen LogP contribution is -2.41. The molecule has 1 unspecified atom stereocenters. The molecular weight excluding hydrogens is 276 g/mol. The third-order valence-corrected chi connectivity index (χ3v) is 3.40. The highest BCUT2D eigenvalue weighted by Crippen LogP contribution is 2.29. The Morgan fingerprint density at radius 3 is 2.76 bits per heavy atom. The molecule has 2 rings (SSSR count). The molecule has 0 bridgehead atoms. The highest BCUT2D eigenvalue weighted by molar-refractivity contribution is 5.86. The summed E-state index contributed by atoms with van der Waals surface area (Å²) in [5.74, 6) is -1.50. The number of likely N-dealkylation sites (N-methyl/N-ethyl adjacent to an activating group) is 1. The van der Waals surface area contributed by atoms with Crippen LogP contribution < -0.4 is 0 Å². The predicted molar refractivity (Wildman–Crippen MR) is 74.8 cm³/mol. The Kier molecular flexibility index (Phi) is 4.35. The summed E-state index contributed by atoms with van der Waals surface area (Å²) in [7, 11) is 1.50. The Bertz CT molecular complexity index is 611. The lowest BCUT2D eigenvalue weighted by atomic mass is 9.95. The van der Waals surface area contributed by atoms with Crippen molar-refractivity contribution < 1.29 is 13.6 Å². The number of hydrogen-bond donors (Lipinski definition) is 1. The van der Waals surface area contributed by atoms with Gasteiger partial charge in [-0.1, -0.05) is 18.2 Å². The van der Waals surface area contributed by atoms with Gasteiger partial charge in [-0.2, -0.15) is 0 Å². The van der Waals surface area contributed by atoms with Gasteiger partial charge in [-0.15, -0.1) is 0 Å². The maximum Gasteiger partial charge on any atom is 0.264 e. The van der Waals surface area contributed by atoms with E-state index in [0.29, 0.717) is 13.0 Å². The molecule has 0 aliphatic heterocycles. The van der Waals surface area contributed by atoms with Gasteiger partial charge < -0.3 is 9.88 Å². The Morgan fingerprint density at radius 2 is 2.14 bits per heavy atom. The number of aromatic nitrogens is 2. The molecule has 2 aromatic rings. The van der Waals surface area contributed by atoms with Gasteiger partial charge in [-0.05, 0) is 13.0 Å². The number of amides is 1. The summed E-state index contributed by atoms with van der Waals surface area (Å²) in [4.78, 5) is 20.3. The molecule has 1 heterocycles. The van der Waals surface area contributed by atoms with E-state index in [1.54, 1.807) is 6.20 Å². The molecule has 1 aromatic carbocycles. The van der Waals surface area contributed by atoms with Gasteiger partial charge >= 0.3 is 0 Å². The number of aromatic amines is 1. The van der Waals surface area contributed by atoms with Crippen molar-refractivity contribution in [3.8, 4) is 0 Å². The van der Waals surface area contributed by atoms with Crippen LogP contribution in [0.25, 0.3) is 0 Å². The number of benzene rings is 1. The van der Waals surface area contributed by atoms with Crippen LogP contribution in [0.3, 0.4) is 0 Å². The van der Waals surface area contributed by atoms with Crippen molar-refractivity contribution in [2.24, 2.45) is 0 Å². The fourth-order valence-corrected chi connectivity index (χ4v) is 2.13. The van der Waals surface area contributed by atoms with Crippen LogP contribution in [0.15, 0.2) is 36.8 Å². The summed E-state index contributed by atoms with van der Waals surface area (Å²) in [5, 5.41) is 0. The van der Waals surface area contributed by atoms with Crippen molar-refractivity contribution in [3.63, 3.8) is 0 Å². The second kappa shape index (κ2) is 6.03. The number of nitrogens with zero attached hydrogens (tertiary/aromatic N) is 2. The Morgan fingerprint density at radius 1 is 1.43 bits per heavy atom. The van der Waals surface area contributed by atoms with E-state index < -0.39 is 17.4 Å². The van der Waals surface area contributed by atoms with Crippen LogP contribution in [0, 0.1) is 5.82 Å². The van der Waals surface area contributed by atoms with Gasteiger partial charge in [0.15, 0.2) is 0 Å². The minimum atomic E-state index is -2.39. The first kappa shape index (κ1) is 15.2. The molecule has 1 atom stereocenters. The molecule has 0 saturated heterocycles. The minimum absolute atomic E-state index is 0.247. The van der Waals surface area contributed by atoms with E-state index in [-0.39, 0.29) is 5.56 Å². The van der Waals surface area contributed by atoms with Crippen LogP contribution in [0.5, 0.6) is 0 Å². The second-order valence-electron chi connectivity index (χ2n) is 5.04. The largest absolute Gasteiger partial charge is 0.348 e. The zero-order valence-electron chi connectivity index (χ0n) is 11.9. The van der Waals surface area contributed by atoms with Crippen molar-refractivity contribution in [2.45, 2.75) is 19.0 Å². The molecule has 21 heavy (non-hydrogen) atoms. The number of nitrogens with one attached hydrogen (secondary N) is 1. The number of halogens is 2. The molecule has 6 heteroatoms. The highest BCUT2D eigenvalue weighted by Gasteiger charge is 2.39. The van der Waals surface area contributed by atoms with Crippen LogP contribution in [0.1, 0.15) is 18.2 Å². The number of imidazole rings is 1. The number of rotatable bonds is 5. The molecule has 4 nitrogen and oxygen atoms in total. The molecule has 0 aliphatic rings. The fraction of sp³-hybridized carbons (Fsp3) is 0.333. The number of carbonyl (C=O) groups is 1. The molecule has 0 saturated carbocycles. The summed E-state index contributed by atoms with van der Waals surface area (Å²) < 4.78 is 28.4. The van der Waals surface area contributed by atoms with E-state index in [2.05, 4.69) is 9.97 Å². The molecule has 0 radical (unpaired) electrons. The topological polar surface area (TPSA) is 49.0 Å². The summed E-state index contributed by atoms with van der Waals surface area (Å²) in [6.45, 7) is 1.40. The molecular formula is C15H17F2N3O. The van der Waals surface area contributed by atoms with Gasteiger partial charge in [0, 0.05) is 37.5 Å². The summed E-state index contributed by atoms with van der Waals surface area (Å²) in [6.07, 6.45) is 3.70. The molecule has 1 aromatic heterocycles. The van der Waals surface area contributed by atoms with E-state index in [1.165, 1.54) is 36.5 Å². The van der Waals surface area contributed by atoms with E-state index in [4.69, 9.17) is 0 Å². The van der Waals surface area contributed by atoms with Crippen molar-refractivity contribution >= 4 is 5.91 Å². The highest BCUT2D eigenvalue weighted by atomic mass is 19.1. The zero-order valence-corrected chi connectivity index (χ0v) is 11.9. The van der Waals surface area contributed by atoms with Gasteiger partial charge in [0.05, 0.1) is 6.33 Å². The molecule has 112 valence electrons. The fourth-order valence-electron chi connectivity index (χ4n) is 2.13. The van der Waals surface area contributed by atoms with Crippen molar-refractivity contribution in [1.82, 2.24) is 14.9 Å². The molecule has 0 aliphatic carbocycles. The van der Waals surface area contributed by atoms with Gasteiger partial charge in [-0.3, -0.25) is 4.79 Å². The summed E-state index contributed by atoms with van der Waals surface area (Å²) >= 11 is 0. The number of hydrogen-bond acceptors (Lipinski definition) is 2. The molecule has 1 amide bonds. The first-order valence-corrected chi connectivity index (χ1v) is 6.59. The predicted octanol–water partition coefficient (Wildman–Crippen LogP) is 2.43. The van der Waals surface area contributed by atoms with Crippen LogP contribution in [-0.2, 0) is 16.9 Å². The molecule has 1 N–H and O–H groups in total. The van der Waals surface area contributed by atoms with Crippen LogP contribution in [0.2, 0.25) is 0 Å². The Hall–Kier alpha value is -2.24. The quantitative estimate of drug-likeness (QED) is 0.920. The standard InChI is InChI=1S/C15H17F2N3O/c1-15(17,12-5-3-4-6-13(12)16)14(21)20(2)8-7-11-9-18-10-19-11/h3-6,9-10H,7-8H2,1-2H3,(H,18,19). The number of alkyl halides is 1. The average molecular weight is 293 g/mol. The van der Waals surface area contributed by atoms with Crippen LogP contribution >= 0.6 is 0 Å². The van der Waals surface area contributed by atoms with Gasteiger partial charge in [0.2, 0.25) is 5.67 Å². The molecule has 0 spiro atoms. The normalized spacial score (nSPS) is 13.7. The van der Waals surface area contributed by atoms with E-state index in [9.17, 15) is 13.6 Å². The van der Waals surface area contributed by atoms with Crippen LogP contribution in [-0.4, -0.2) is 34.4 Å². The summed E-state index contributed by atoms with van der Waals surface area (Å²) in [6, 6.07) is 5.40. The SMILES string of the molecule is CN(CCc1cnc[nH]1)C(=O)C(C)(F)c1ccccc1F. The first-order chi connectivity index (χ1) is 9.93. The number of H-pyrrole nitrogens is 1. The van der Waals surface area contributed by atoms with Gasteiger partial charge in [0.25, 0.3) is 5.91 Å². The second-order valence-corrected chi connectivity index (χ2v) is 5.04. The van der Waals surface area contributed by atoms with E-state index in [0.717, 1.165) is 18.7 Å². The molecule has 0 fully saturated rings. The summed E-state index contributed by atoms with van der Waals surface area (Å²) in [5.41, 5.74) is -1.79. The van der Waals surface area contributed by atoms with Crippen LogP contribution in [0.4, 0.5) is 8.78 Å². The van der Waals surface area contributed by atoms with Gasteiger partial charge in [0.1, 0.15) is 5.82 Å². The van der Waals surface area contributed by atoms with Crippen molar-refractivity contribution in [1.29, 1.82) is 0 Å². The lowest BCUT2D eigenvalue weighted by Gasteiger charge is -2.26. The van der Waals surface area contributed by atoms with Crippen molar-refractivity contribution in [2.75, 3.05) is 13.6 Å². The monoisotopic (exact) mass is 293 g/mol. The number of carbonyl (C=O) groups excluding carboxylic acids is 1. The smallest absolute Gasteiger partial charge is 0.264 e. The first-order valence-electron chi connectivity index (χ1n) is 6.59. The van der Waals surface area contributed by atoms with Gasteiger partial charge in [-0.25, -0.2) is 13.8 Å². The lowest BCUT2D eigenvalue weighted by molar-refractivity contribution is -0.142. The Labute approximate surface area is 121 Å². The minimum Gasteiger partial charge on any atom is -0.348 e. The maximum atomic E-state index is 14.7. The Balaban J connectivity index is 2.08. The van der Waals surface area contributed by atoms with E-state index >= 15 is 0 Å². The average Bonchev–Trinajstić information content (AvgIpc) is 2.97.